The first-order chi connectivity index (χ1) is 34.2. The minimum Gasteiger partial charge on any atom is -0.457 e. The zero-order chi connectivity index (χ0) is 50.1. The first-order valence-corrected chi connectivity index (χ1v) is 26.0. The van der Waals surface area contributed by atoms with Gasteiger partial charge in [-0.05, 0) is 92.1 Å². The number of unbranched alkanes of at least 4 members (excludes halogenated alkanes) is 6. The van der Waals surface area contributed by atoms with E-state index in [0.29, 0.717) is 29.0 Å². The predicted molar refractivity (Wildman–Crippen MR) is 277 cm³/mol. The average molecular weight is 985 g/mol. The number of anilines is 1. The first-order valence-electron chi connectivity index (χ1n) is 25.1. The number of β-amino-alcohol motifs (C(OH)–C–C–N with tert-alkyl or cyclic N) is 1. The Labute approximate surface area is 419 Å². The molecule has 0 aliphatic carbocycles. The number of piperidine rings is 1. The topological polar surface area (TPSA) is 203 Å². The van der Waals surface area contributed by atoms with Crippen molar-refractivity contribution >= 4 is 46.0 Å². The number of nitrogens with one attached hydrogen (secondary N) is 2. The van der Waals surface area contributed by atoms with E-state index in [4.69, 9.17) is 10.5 Å². The van der Waals surface area contributed by atoms with Gasteiger partial charge in [-0.2, -0.15) is 0 Å². The van der Waals surface area contributed by atoms with Gasteiger partial charge >= 0.3 is 5.69 Å². The number of aryl methyl sites for hydroxylation is 1. The number of carbonyl (C=O) groups excluding carboxylic acids is 3. The van der Waals surface area contributed by atoms with E-state index in [9.17, 15) is 24.3 Å². The van der Waals surface area contributed by atoms with E-state index in [1.165, 1.54) is 11.2 Å². The number of nitrogens with zero attached hydrogens (tertiary/aromatic N) is 7. The third-order valence-electron chi connectivity index (χ3n) is 13.8. The lowest BCUT2D eigenvalue weighted by atomic mass is 9.85. The van der Waals surface area contributed by atoms with Crippen LogP contribution in [0.5, 0.6) is 11.5 Å². The van der Waals surface area contributed by atoms with E-state index < -0.39 is 23.6 Å². The second-order valence-corrected chi connectivity index (χ2v) is 20.9. The van der Waals surface area contributed by atoms with Crippen LogP contribution in [0, 0.1) is 12.3 Å². The largest absolute Gasteiger partial charge is 0.457 e. The highest BCUT2D eigenvalue weighted by Crippen LogP contribution is 2.31. The predicted octanol–water partition coefficient (Wildman–Crippen LogP) is 7.96. The van der Waals surface area contributed by atoms with Crippen LogP contribution in [0.2, 0.25) is 0 Å². The van der Waals surface area contributed by atoms with Crippen LogP contribution in [0.4, 0.5) is 5.82 Å². The summed E-state index contributed by atoms with van der Waals surface area (Å²) < 4.78 is 9.38. The molecule has 0 spiro atoms. The number of aromatic nitrogens is 5. The van der Waals surface area contributed by atoms with E-state index in [1.807, 2.05) is 112 Å². The third-order valence-corrected chi connectivity index (χ3v) is 14.7. The van der Waals surface area contributed by atoms with Crippen LogP contribution >= 0.6 is 11.3 Å². The number of carbonyl (C=O) groups is 3. The number of ether oxygens (including phenoxy) is 1. The van der Waals surface area contributed by atoms with Crippen molar-refractivity contribution in [1.29, 1.82) is 0 Å². The quantitative estimate of drug-likeness (QED) is 0.0541. The SMILES string of the molecule is Cc1ncsc1-c1ccc(CNC(=O)[C@@H]2C[C@@H](O)CN2C(=O)[C@@H](NC(=O)CCCCCCCCCN2CCC(n3c(=O)n(-c4ccc(Oc5ccccc5)cc4)c4c(N)ncnc43)CC2)C(C)(C)C)cc1. The molecule has 376 valence electrons. The summed E-state index contributed by atoms with van der Waals surface area (Å²) in [6, 6.07) is 23.2. The fourth-order valence-electron chi connectivity index (χ4n) is 9.84. The summed E-state index contributed by atoms with van der Waals surface area (Å²) in [6.45, 7) is 10.8. The fourth-order valence-corrected chi connectivity index (χ4v) is 10.7. The van der Waals surface area contributed by atoms with Crippen molar-refractivity contribution in [2.24, 2.45) is 5.41 Å². The number of thiazole rings is 1. The van der Waals surface area contributed by atoms with E-state index in [2.05, 4.69) is 30.5 Å². The van der Waals surface area contributed by atoms with Crippen molar-refractivity contribution in [3.05, 3.63) is 112 Å². The Hall–Kier alpha value is -6.43. The molecule has 0 unspecified atom stereocenters. The molecule has 17 heteroatoms. The Morgan fingerprint density at radius 3 is 2.23 bits per heavy atom. The monoisotopic (exact) mass is 985 g/mol. The van der Waals surface area contributed by atoms with Crippen LogP contribution < -0.4 is 26.8 Å². The normalized spacial score (nSPS) is 17.1. The minimum absolute atomic E-state index is 0.00974. The van der Waals surface area contributed by atoms with Gasteiger partial charge in [0.15, 0.2) is 11.5 Å². The molecule has 3 atom stereocenters. The van der Waals surface area contributed by atoms with E-state index in [1.54, 1.807) is 20.5 Å². The number of benzene rings is 3. The van der Waals surface area contributed by atoms with Crippen molar-refractivity contribution in [3.8, 4) is 27.6 Å². The van der Waals surface area contributed by atoms with Crippen molar-refractivity contribution in [3.63, 3.8) is 0 Å². The number of aliphatic hydroxyl groups excluding tert-OH is 1. The molecule has 5 N–H and O–H groups in total. The number of fused-ring (bicyclic) bond motifs is 1. The molecular formula is C54H68N10O6S. The van der Waals surface area contributed by atoms with Crippen LogP contribution in [0.1, 0.15) is 109 Å². The summed E-state index contributed by atoms with van der Waals surface area (Å²) in [5.41, 5.74) is 12.1. The molecule has 3 aromatic carbocycles. The van der Waals surface area contributed by atoms with Gasteiger partial charge < -0.3 is 36.0 Å². The Morgan fingerprint density at radius 2 is 1.55 bits per heavy atom. The van der Waals surface area contributed by atoms with Crippen LogP contribution in [0.3, 0.4) is 0 Å². The van der Waals surface area contributed by atoms with Crippen LogP contribution in [0.25, 0.3) is 27.3 Å². The van der Waals surface area contributed by atoms with E-state index >= 15 is 0 Å². The molecule has 6 aromatic rings. The Kier molecular flexibility index (Phi) is 16.6. The highest BCUT2D eigenvalue weighted by molar-refractivity contribution is 7.13. The summed E-state index contributed by atoms with van der Waals surface area (Å²) in [4.78, 5) is 73.1. The Bertz CT molecular complexity index is 2800. The van der Waals surface area contributed by atoms with Gasteiger partial charge in [-0.1, -0.05) is 95.3 Å². The molecule has 2 aliphatic heterocycles. The zero-order valence-corrected chi connectivity index (χ0v) is 42.2. The third kappa shape index (κ3) is 12.6. The molecule has 16 nitrogen and oxygen atoms in total. The lowest BCUT2D eigenvalue weighted by molar-refractivity contribution is -0.144. The molecule has 0 bridgehead atoms. The molecule has 2 aliphatic rings. The molecule has 5 heterocycles. The summed E-state index contributed by atoms with van der Waals surface area (Å²) in [7, 11) is 0. The van der Waals surface area contributed by atoms with Gasteiger partial charge in [0.05, 0.1) is 27.9 Å². The van der Waals surface area contributed by atoms with Crippen molar-refractivity contribution in [1.82, 2.24) is 44.5 Å². The number of nitrogens with two attached hydrogens (primary N) is 1. The molecule has 0 radical (unpaired) electrons. The smallest absolute Gasteiger partial charge is 0.335 e. The first kappa shape index (κ1) is 50.9. The maximum Gasteiger partial charge on any atom is 0.335 e. The van der Waals surface area contributed by atoms with Crippen LogP contribution in [-0.2, 0) is 20.9 Å². The average Bonchev–Trinajstić information content (AvgIpc) is 4.07. The number of hydrogen-bond donors (Lipinski definition) is 4. The molecule has 2 fully saturated rings. The maximum atomic E-state index is 14.1. The van der Waals surface area contributed by atoms with Crippen molar-refractivity contribution < 1.29 is 24.2 Å². The van der Waals surface area contributed by atoms with Crippen molar-refractivity contribution in [2.75, 3.05) is 31.9 Å². The van der Waals surface area contributed by atoms with Gasteiger partial charge in [0.25, 0.3) is 0 Å². The second kappa shape index (κ2) is 23.2. The molecule has 3 aromatic heterocycles. The molecule has 2 saturated heterocycles. The lowest BCUT2D eigenvalue weighted by Crippen LogP contribution is -2.57. The number of likely N-dealkylation sites (tertiary alicyclic amines) is 2. The molecular weight excluding hydrogens is 917 g/mol. The number of hydrogen-bond acceptors (Lipinski definition) is 12. The van der Waals surface area contributed by atoms with E-state index in [-0.39, 0.29) is 54.8 Å². The minimum atomic E-state index is -0.849. The number of amides is 3. The van der Waals surface area contributed by atoms with Gasteiger partial charge in [-0.3, -0.25) is 23.5 Å². The Balaban J connectivity index is 0.730. The van der Waals surface area contributed by atoms with Gasteiger partial charge in [-0.15, -0.1) is 11.3 Å². The molecule has 71 heavy (non-hydrogen) atoms. The number of nitrogen functional groups attached to an aromatic ring is 1. The van der Waals surface area contributed by atoms with Gasteiger partial charge in [0.2, 0.25) is 17.7 Å². The molecule has 8 rings (SSSR count). The summed E-state index contributed by atoms with van der Waals surface area (Å²) in [5, 5.41) is 16.6. The van der Waals surface area contributed by atoms with Crippen LogP contribution in [-0.4, -0.2) is 101 Å². The van der Waals surface area contributed by atoms with Gasteiger partial charge in [0.1, 0.15) is 35.4 Å². The summed E-state index contributed by atoms with van der Waals surface area (Å²) in [5.74, 6) is 0.770. The number of imidazole rings is 1. The van der Waals surface area contributed by atoms with Gasteiger partial charge in [0, 0.05) is 45.1 Å². The fraction of sp³-hybridized carbons (Fsp3) is 0.463. The Morgan fingerprint density at radius 1 is 0.873 bits per heavy atom. The maximum absolute atomic E-state index is 14.1. The summed E-state index contributed by atoms with van der Waals surface area (Å²) >= 11 is 1.59. The highest BCUT2D eigenvalue weighted by Gasteiger charge is 2.44. The van der Waals surface area contributed by atoms with E-state index in [0.717, 1.165) is 105 Å². The molecule has 3 amide bonds. The number of aliphatic hydroxyl groups is 1. The second-order valence-electron chi connectivity index (χ2n) is 20.1. The van der Waals surface area contributed by atoms with Crippen LogP contribution in [0.15, 0.2) is 95.5 Å². The van der Waals surface area contributed by atoms with Gasteiger partial charge in [-0.25, -0.2) is 19.7 Å². The lowest BCUT2D eigenvalue weighted by Gasteiger charge is -2.35. The number of rotatable bonds is 20. The highest BCUT2D eigenvalue weighted by atomic mass is 32.1. The number of para-hydroxylation sites is 1. The molecule has 0 saturated carbocycles. The standard InChI is InChI=1S/C54H68N10O6S/c1-36-47(71-35-59-36)38-20-18-37(19-21-38)32-56-51(67)44-31-41(65)33-62(44)52(68)48(54(2,3)4)60-45(66)17-13-8-6-5-7-9-14-28-61-29-26-40(27-30-61)64-50-46(49(55)57-34-58-50)63(53(64)69)39-22-24-43(25-23-39)70-42-15-11-10-12-16-42/h10-12,15-16,18-25,34-35,40-41,44,48,65H,5-9,13-14,17,26-33H2,1-4H3,(H,56,67)(H,60,66)(H2,55,57,58)/t41-,44+,48-/m1/s1. The zero-order valence-electron chi connectivity index (χ0n) is 41.4. The summed E-state index contributed by atoms with van der Waals surface area (Å²) in [6.07, 6.45) is 9.80. The van der Waals surface area contributed by atoms with Crippen molar-refractivity contribution in [2.45, 2.75) is 129 Å².